The van der Waals surface area contributed by atoms with Gasteiger partial charge in [0.1, 0.15) is 30.2 Å². The summed E-state index contributed by atoms with van der Waals surface area (Å²) in [6.45, 7) is 4.60. The number of nitrogens with two attached hydrogens (primary N) is 4. The van der Waals surface area contributed by atoms with Crippen LogP contribution in [-0.2, 0) is 35.2 Å². The zero-order valence-electron chi connectivity index (χ0n) is 32.0. The Bertz CT molecular complexity index is 1370. The fraction of sp³-hybridized carbons (Fsp3) is 0.639. The molecule has 55 heavy (non-hydrogen) atoms. The topological polar surface area (TPSA) is 323 Å². The molecule has 310 valence electrons. The van der Waals surface area contributed by atoms with E-state index in [1.807, 2.05) is 44.2 Å². The van der Waals surface area contributed by atoms with Gasteiger partial charge in [0.25, 0.3) is 0 Å². The molecule has 0 aliphatic rings. The maximum absolute atomic E-state index is 13.9. The lowest BCUT2D eigenvalue weighted by molar-refractivity contribution is -0.141. The average molecular weight is 794 g/mol. The van der Waals surface area contributed by atoms with Gasteiger partial charge in [-0.2, -0.15) is 12.6 Å². The lowest BCUT2D eigenvalue weighted by atomic mass is 10.0. The van der Waals surface area contributed by atoms with Crippen LogP contribution in [0, 0.1) is 11.3 Å². The maximum Gasteiger partial charge on any atom is 0.327 e. The highest BCUT2D eigenvalue weighted by atomic mass is 32.1. The van der Waals surface area contributed by atoms with E-state index in [2.05, 4.69) is 44.5 Å². The van der Waals surface area contributed by atoms with Gasteiger partial charge in [-0.05, 0) is 88.8 Å². The first-order valence-electron chi connectivity index (χ1n) is 18.8. The molecule has 5 amide bonds. The Morgan fingerprint density at radius 1 is 0.691 bits per heavy atom. The predicted molar refractivity (Wildman–Crippen MR) is 214 cm³/mol. The van der Waals surface area contributed by atoms with Crippen LogP contribution in [0.5, 0.6) is 0 Å². The smallest absolute Gasteiger partial charge is 0.327 e. The second kappa shape index (κ2) is 27.2. The van der Waals surface area contributed by atoms with Crippen molar-refractivity contribution in [2.24, 2.45) is 28.9 Å². The molecule has 1 rings (SSSR count). The van der Waals surface area contributed by atoms with Crippen LogP contribution in [0.1, 0.15) is 77.2 Å². The highest BCUT2D eigenvalue weighted by molar-refractivity contribution is 7.80. The summed E-state index contributed by atoms with van der Waals surface area (Å²) in [5.41, 5.74) is 23.8. The number of benzene rings is 1. The summed E-state index contributed by atoms with van der Waals surface area (Å²) < 4.78 is 0. The van der Waals surface area contributed by atoms with Crippen molar-refractivity contribution in [1.29, 1.82) is 5.41 Å². The number of carboxylic acids is 1. The zero-order chi connectivity index (χ0) is 41.3. The summed E-state index contributed by atoms with van der Waals surface area (Å²) in [6, 6.07) is 2.41. The number of hydrogen-bond donors (Lipinski definition) is 13. The monoisotopic (exact) mass is 793 g/mol. The van der Waals surface area contributed by atoms with E-state index in [-0.39, 0.29) is 62.7 Å². The van der Waals surface area contributed by atoms with Crippen molar-refractivity contribution in [3.63, 3.8) is 0 Å². The van der Waals surface area contributed by atoms with Gasteiger partial charge in [-0.1, -0.05) is 44.2 Å². The minimum absolute atomic E-state index is 0.0648. The normalized spacial score (nSPS) is 14.3. The molecule has 0 heterocycles. The van der Waals surface area contributed by atoms with E-state index in [4.69, 9.17) is 28.3 Å². The number of carbonyl (C=O) groups excluding carboxylic acids is 5. The van der Waals surface area contributed by atoms with Gasteiger partial charge in [0.2, 0.25) is 29.5 Å². The summed E-state index contributed by atoms with van der Waals surface area (Å²) in [5, 5.41) is 32.8. The molecular weight excluding hydrogens is 731 g/mol. The molecule has 6 atom stereocenters. The second-order valence-electron chi connectivity index (χ2n) is 13.8. The van der Waals surface area contributed by atoms with Crippen molar-refractivity contribution in [3.05, 3.63) is 35.9 Å². The molecule has 1 aromatic carbocycles. The second-order valence-corrected chi connectivity index (χ2v) is 14.2. The molecule has 18 nitrogen and oxygen atoms in total. The molecule has 0 aliphatic heterocycles. The van der Waals surface area contributed by atoms with E-state index in [0.29, 0.717) is 38.8 Å². The molecule has 16 N–H and O–H groups in total. The van der Waals surface area contributed by atoms with Crippen LogP contribution in [0.4, 0.5) is 0 Å². The molecule has 0 bridgehead atoms. The molecule has 0 fully saturated rings. The van der Waals surface area contributed by atoms with Crippen LogP contribution in [-0.4, -0.2) is 108 Å². The Balaban J connectivity index is 3.29. The Kier molecular flexibility index (Phi) is 24.0. The van der Waals surface area contributed by atoms with Gasteiger partial charge in [0.05, 0.1) is 6.04 Å². The Morgan fingerprint density at radius 3 is 1.56 bits per heavy atom. The van der Waals surface area contributed by atoms with E-state index in [0.717, 1.165) is 5.56 Å². The highest BCUT2D eigenvalue weighted by Gasteiger charge is 2.33. The average Bonchev–Trinajstić information content (AvgIpc) is 3.13. The molecule has 0 radical (unpaired) electrons. The quantitative estimate of drug-likeness (QED) is 0.0201. The molecule has 19 heteroatoms. The van der Waals surface area contributed by atoms with Crippen LogP contribution < -0.4 is 54.8 Å². The molecular formula is C36H63N11O7S. The van der Waals surface area contributed by atoms with Crippen molar-refractivity contribution < 1.29 is 33.9 Å². The van der Waals surface area contributed by atoms with Crippen molar-refractivity contribution in [1.82, 2.24) is 31.9 Å². The predicted octanol–water partition coefficient (Wildman–Crippen LogP) is -1.44. The first kappa shape index (κ1) is 48.6. The number of amides is 5. The van der Waals surface area contributed by atoms with Crippen molar-refractivity contribution in [3.8, 4) is 0 Å². The number of guanidine groups is 1. The first-order chi connectivity index (χ1) is 26.1. The summed E-state index contributed by atoms with van der Waals surface area (Å²) in [6.07, 6.45) is 3.21. The first-order valence-corrected chi connectivity index (χ1v) is 19.4. The lowest BCUT2D eigenvalue weighted by Crippen LogP contribution is -2.59. The Labute approximate surface area is 329 Å². The number of nitrogens with one attached hydrogen (secondary N) is 7. The molecule has 0 aromatic heterocycles. The van der Waals surface area contributed by atoms with E-state index >= 15 is 0 Å². The van der Waals surface area contributed by atoms with Crippen molar-refractivity contribution in [2.75, 3.05) is 25.4 Å². The maximum atomic E-state index is 13.9. The molecule has 0 spiro atoms. The number of rotatable bonds is 28. The van der Waals surface area contributed by atoms with Crippen LogP contribution in [0.2, 0.25) is 0 Å². The molecule has 0 saturated carbocycles. The van der Waals surface area contributed by atoms with Crippen molar-refractivity contribution in [2.45, 2.75) is 114 Å². The van der Waals surface area contributed by atoms with E-state index in [1.165, 1.54) is 0 Å². The number of unbranched alkanes of at least 4 members (excludes halogenated alkanes) is 2. The summed E-state index contributed by atoms with van der Waals surface area (Å²) in [7, 11) is 0. The standard InChI is InChI=1S/C36H63N11O7S/c1-22(2)19-28(34(52)45-26(14-7-9-17-38)33(51)47-29(21-55)35(53)54)46-32(50)27(15-10-18-42-36(40)41)44-31(49)25(13-6-8-16-37)43-30(48)24(39)20-23-11-4-3-5-12-23/h3-5,11-12,22,24-29,55H,6-10,13-21,37-39H2,1-2H3,(H,43,48)(H,44,49)(H,45,52)(H,46,50)(H,47,51)(H,53,54)(H4,40,41,42)/t24-,25+,26-,27-,28+,29+/m1/s1. The number of carbonyl (C=O) groups is 6. The summed E-state index contributed by atoms with van der Waals surface area (Å²) in [5.74, 6) is -5.14. The fourth-order valence-corrected chi connectivity index (χ4v) is 5.79. The largest absolute Gasteiger partial charge is 0.480 e. The Hall–Kier alpha value is -4.46. The zero-order valence-corrected chi connectivity index (χ0v) is 32.9. The summed E-state index contributed by atoms with van der Waals surface area (Å²) >= 11 is 3.99. The fourth-order valence-electron chi connectivity index (χ4n) is 5.54. The van der Waals surface area contributed by atoms with Crippen LogP contribution in [0.3, 0.4) is 0 Å². The van der Waals surface area contributed by atoms with Gasteiger partial charge < -0.3 is 59.9 Å². The van der Waals surface area contributed by atoms with Crippen molar-refractivity contribution >= 4 is 54.1 Å². The van der Waals surface area contributed by atoms with Gasteiger partial charge in [0.15, 0.2) is 5.96 Å². The minimum atomic E-state index is -1.29. The van der Waals surface area contributed by atoms with E-state index in [1.54, 1.807) is 0 Å². The number of aliphatic carboxylic acids is 1. The number of carboxylic acid groups (broad SMARTS) is 1. The van der Waals surface area contributed by atoms with E-state index < -0.39 is 71.8 Å². The van der Waals surface area contributed by atoms with Gasteiger partial charge in [-0.25, -0.2) is 4.79 Å². The third kappa shape index (κ3) is 20.2. The highest BCUT2D eigenvalue weighted by Crippen LogP contribution is 2.11. The van der Waals surface area contributed by atoms with Gasteiger partial charge in [-0.15, -0.1) is 0 Å². The molecule has 0 unspecified atom stereocenters. The third-order valence-corrected chi connectivity index (χ3v) is 8.92. The molecule has 1 aromatic rings. The Morgan fingerprint density at radius 2 is 1.13 bits per heavy atom. The number of hydrogen-bond acceptors (Lipinski definition) is 11. The molecule has 0 saturated heterocycles. The number of thiol groups is 1. The van der Waals surface area contributed by atoms with E-state index in [9.17, 15) is 33.9 Å². The van der Waals surface area contributed by atoms with Gasteiger partial charge in [0, 0.05) is 12.3 Å². The van der Waals surface area contributed by atoms with Gasteiger partial charge in [-0.3, -0.25) is 29.4 Å². The molecule has 0 aliphatic carbocycles. The van der Waals surface area contributed by atoms with Crippen LogP contribution in [0.15, 0.2) is 30.3 Å². The van der Waals surface area contributed by atoms with Crippen LogP contribution >= 0.6 is 12.6 Å². The lowest BCUT2D eigenvalue weighted by Gasteiger charge is -2.28. The van der Waals surface area contributed by atoms with Crippen LogP contribution in [0.25, 0.3) is 0 Å². The minimum Gasteiger partial charge on any atom is -0.480 e. The summed E-state index contributed by atoms with van der Waals surface area (Å²) in [4.78, 5) is 79.3. The third-order valence-electron chi connectivity index (χ3n) is 8.55. The SMILES string of the molecule is CC(C)C[C@H](NC(=O)[C@@H](CCCNC(=N)N)NC(=O)[C@H](CCCCN)NC(=O)[C@H](N)Cc1ccccc1)C(=O)N[C@H](CCCCN)C(=O)N[C@@H](CS)C(=O)O. The van der Waals surface area contributed by atoms with Gasteiger partial charge >= 0.3 is 5.97 Å².